The third kappa shape index (κ3) is 3.62. The fraction of sp³-hybridized carbons (Fsp3) is 0.278. The van der Waals surface area contributed by atoms with Crippen molar-refractivity contribution < 1.29 is 22.0 Å². The van der Waals surface area contributed by atoms with Gasteiger partial charge in [0.1, 0.15) is 16.5 Å². The van der Waals surface area contributed by atoms with Crippen LogP contribution < -0.4 is 0 Å². The molecular weight excluding hydrogens is 348 g/mol. The number of hydrogen-bond acceptors (Lipinski definition) is 3. The summed E-state index contributed by atoms with van der Waals surface area (Å²) < 4.78 is 53.1. The molecule has 1 heterocycles. The molecule has 1 aliphatic heterocycles. The number of carbonyl (C=O) groups excluding carboxylic acids is 1. The number of piperidine rings is 1. The topological polar surface area (TPSA) is 54.5 Å². The minimum Gasteiger partial charge on any atom is -0.294 e. The van der Waals surface area contributed by atoms with E-state index in [0.717, 1.165) is 16.4 Å². The Balaban J connectivity index is 1.72. The van der Waals surface area contributed by atoms with Crippen LogP contribution in [0.15, 0.2) is 53.4 Å². The molecule has 4 nitrogen and oxygen atoms in total. The summed E-state index contributed by atoms with van der Waals surface area (Å²) in [5, 5.41) is 0. The summed E-state index contributed by atoms with van der Waals surface area (Å²) in [4.78, 5) is 11.9. The molecule has 3 rings (SSSR count). The summed E-state index contributed by atoms with van der Waals surface area (Å²) in [6, 6.07) is 11.3. The first-order chi connectivity index (χ1) is 11.9. The van der Waals surface area contributed by atoms with Crippen molar-refractivity contribution in [3.8, 4) is 0 Å². The monoisotopic (exact) mass is 365 g/mol. The van der Waals surface area contributed by atoms with Crippen LogP contribution in [0.3, 0.4) is 0 Å². The molecule has 1 fully saturated rings. The van der Waals surface area contributed by atoms with Crippen LogP contribution in [-0.2, 0) is 10.0 Å². The molecule has 0 amide bonds. The maximum absolute atomic E-state index is 13.8. The highest BCUT2D eigenvalue weighted by Crippen LogP contribution is 2.27. The summed E-state index contributed by atoms with van der Waals surface area (Å²) in [7, 11) is -4.04. The average Bonchev–Trinajstić information content (AvgIpc) is 2.61. The van der Waals surface area contributed by atoms with E-state index in [2.05, 4.69) is 0 Å². The molecule has 0 aromatic heterocycles. The predicted molar refractivity (Wildman–Crippen MR) is 88.6 cm³/mol. The van der Waals surface area contributed by atoms with Crippen LogP contribution in [0.2, 0.25) is 0 Å². The first kappa shape index (κ1) is 17.7. The number of Topliss-reactive ketones (excluding diaryl/α,β-unsaturated/α-hetero) is 1. The van der Waals surface area contributed by atoms with Crippen LogP contribution in [0.1, 0.15) is 23.2 Å². The van der Waals surface area contributed by atoms with Gasteiger partial charge in [0, 0.05) is 30.6 Å². The molecule has 2 aromatic rings. The van der Waals surface area contributed by atoms with E-state index < -0.39 is 26.6 Å². The van der Waals surface area contributed by atoms with E-state index in [1.165, 1.54) is 0 Å². The Morgan fingerprint density at radius 2 is 1.64 bits per heavy atom. The molecule has 0 unspecified atom stereocenters. The van der Waals surface area contributed by atoms with Gasteiger partial charge in [0.2, 0.25) is 10.0 Å². The zero-order valence-electron chi connectivity index (χ0n) is 13.4. The van der Waals surface area contributed by atoms with Crippen molar-refractivity contribution in [3.63, 3.8) is 0 Å². The molecule has 0 N–H and O–H groups in total. The Bertz CT molecular complexity index is 876. The zero-order chi connectivity index (χ0) is 18.0. The second kappa shape index (κ2) is 7.01. The molecule has 0 aliphatic carbocycles. The molecule has 0 bridgehead atoms. The lowest BCUT2D eigenvalue weighted by molar-refractivity contribution is 0.0875. The van der Waals surface area contributed by atoms with E-state index in [9.17, 15) is 22.0 Å². The van der Waals surface area contributed by atoms with Crippen LogP contribution in [0.4, 0.5) is 8.78 Å². The Morgan fingerprint density at radius 3 is 2.24 bits per heavy atom. The summed E-state index contributed by atoms with van der Waals surface area (Å²) in [6.07, 6.45) is 0.742. The normalized spacial score (nSPS) is 16.7. The fourth-order valence-corrected chi connectivity index (χ4v) is 4.54. The SMILES string of the molecule is O=C(c1ccccc1)C1CCN(S(=O)(=O)c2ccc(F)cc2F)CC1. The van der Waals surface area contributed by atoms with E-state index in [4.69, 9.17) is 0 Å². The van der Waals surface area contributed by atoms with Gasteiger partial charge in [0.05, 0.1) is 0 Å². The highest BCUT2D eigenvalue weighted by atomic mass is 32.2. The van der Waals surface area contributed by atoms with Crippen LogP contribution in [0, 0.1) is 17.6 Å². The lowest BCUT2D eigenvalue weighted by Gasteiger charge is -2.30. The second-order valence-corrected chi connectivity index (χ2v) is 7.89. The highest BCUT2D eigenvalue weighted by molar-refractivity contribution is 7.89. The fourth-order valence-electron chi connectivity index (χ4n) is 3.02. The van der Waals surface area contributed by atoms with Crippen LogP contribution in [0.5, 0.6) is 0 Å². The van der Waals surface area contributed by atoms with Crippen molar-refractivity contribution in [3.05, 3.63) is 65.7 Å². The Hall–Kier alpha value is -2.12. The van der Waals surface area contributed by atoms with E-state index >= 15 is 0 Å². The van der Waals surface area contributed by atoms with Crippen LogP contribution >= 0.6 is 0 Å². The summed E-state index contributed by atoms with van der Waals surface area (Å²) >= 11 is 0. The molecule has 2 aromatic carbocycles. The quantitative estimate of drug-likeness (QED) is 0.782. The minimum absolute atomic E-state index is 0.00869. The summed E-state index contributed by atoms with van der Waals surface area (Å²) in [5.41, 5.74) is 0.605. The number of sulfonamides is 1. The maximum atomic E-state index is 13.8. The van der Waals surface area contributed by atoms with Gasteiger partial charge < -0.3 is 0 Å². The van der Waals surface area contributed by atoms with Crippen molar-refractivity contribution in [2.75, 3.05) is 13.1 Å². The number of hydrogen-bond donors (Lipinski definition) is 0. The first-order valence-corrected chi connectivity index (χ1v) is 9.38. The number of benzene rings is 2. The van der Waals surface area contributed by atoms with Crippen LogP contribution in [0.25, 0.3) is 0 Å². The van der Waals surface area contributed by atoms with Crippen molar-refractivity contribution in [2.24, 2.45) is 5.92 Å². The van der Waals surface area contributed by atoms with Crippen molar-refractivity contribution in [2.45, 2.75) is 17.7 Å². The highest BCUT2D eigenvalue weighted by Gasteiger charge is 2.33. The van der Waals surface area contributed by atoms with Gasteiger partial charge in [0.15, 0.2) is 5.78 Å². The zero-order valence-corrected chi connectivity index (χ0v) is 14.2. The molecule has 0 spiro atoms. The van der Waals surface area contributed by atoms with Gasteiger partial charge in [-0.25, -0.2) is 17.2 Å². The Kier molecular flexibility index (Phi) is 4.96. The minimum atomic E-state index is -4.04. The van der Waals surface area contributed by atoms with Gasteiger partial charge in [-0.1, -0.05) is 30.3 Å². The first-order valence-electron chi connectivity index (χ1n) is 7.94. The molecule has 25 heavy (non-hydrogen) atoms. The van der Waals surface area contributed by atoms with Gasteiger partial charge in [-0.2, -0.15) is 4.31 Å². The molecule has 1 saturated heterocycles. The summed E-state index contributed by atoms with van der Waals surface area (Å²) in [6.45, 7) is 0.255. The maximum Gasteiger partial charge on any atom is 0.245 e. The predicted octanol–water partition coefficient (Wildman–Crippen LogP) is 3.25. The molecule has 7 heteroatoms. The number of ketones is 1. The molecule has 0 saturated carbocycles. The van der Waals surface area contributed by atoms with E-state index in [-0.39, 0.29) is 24.8 Å². The van der Waals surface area contributed by atoms with Crippen molar-refractivity contribution >= 4 is 15.8 Å². The second-order valence-electron chi connectivity index (χ2n) is 5.98. The van der Waals surface area contributed by atoms with Gasteiger partial charge >= 0.3 is 0 Å². The Labute approximate surface area is 145 Å². The number of carbonyl (C=O) groups is 1. The van der Waals surface area contributed by atoms with E-state index in [0.29, 0.717) is 24.5 Å². The third-order valence-corrected chi connectivity index (χ3v) is 6.33. The van der Waals surface area contributed by atoms with E-state index in [1.54, 1.807) is 24.3 Å². The lowest BCUT2D eigenvalue weighted by Crippen LogP contribution is -2.40. The van der Waals surface area contributed by atoms with Gasteiger partial charge in [-0.05, 0) is 25.0 Å². The smallest absolute Gasteiger partial charge is 0.245 e. The number of rotatable bonds is 4. The molecule has 0 atom stereocenters. The van der Waals surface area contributed by atoms with Gasteiger partial charge in [-0.15, -0.1) is 0 Å². The van der Waals surface area contributed by atoms with Gasteiger partial charge in [0.25, 0.3) is 0 Å². The molecule has 1 aliphatic rings. The van der Waals surface area contributed by atoms with Crippen molar-refractivity contribution in [1.82, 2.24) is 4.31 Å². The Morgan fingerprint density at radius 1 is 1.00 bits per heavy atom. The largest absolute Gasteiger partial charge is 0.294 e. The van der Waals surface area contributed by atoms with Crippen molar-refractivity contribution in [1.29, 1.82) is 0 Å². The molecule has 132 valence electrons. The third-order valence-electron chi connectivity index (χ3n) is 4.39. The summed E-state index contributed by atoms with van der Waals surface area (Å²) in [5.74, 6) is -2.20. The lowest BCUT2D eigenvalue weighted by atomic mass is 9.90. The standard InChI is InChI=1S/C18H17F2NO3S/c19-15-6-7-17(16(20)12-15)25(23,24)21-10-8-14(9-11-21)18(22)13-4-2-1-3-5-13/h1-7,12,14H,8-11H2. The molecular formula is C18H17F2NO3S. The number of halogens is 2. The average molecular weight is 365 g/mol. The van der Waals surface area contributed by atoms with Crippen LogP contribution in [-0.4, -0.2) is 31.6 Å². The molecule has 0 radical (unpaired) electrons. The van der Waals surface area contributed by atoms with E-state index in [1.807, 2.05) is 6.07 Å². The number of nitrogens with zero attached hydrogens (tertiary/aromatic N) is 1. The van der Waals surface area contributed by atoms with Gasteiger partial charge in [-0.3, -0.25) is 4.79 Å².